The van der Waals surface area contributed by atoms with E-state index in [-0.39, 0.29) is 17.5 Å². The molecule has 190 valence electrons. The van der Waals surface area contributed by atoms with E-state index in [4.69, 9.17) is 16.3 Å². The van der Waals surface area contributed by atoms with Crippen LogP contribution in [-0.2, 0) is 16.1 Å². The molecular formula is C26H25ClN6O4. The van der Waals surface area contributed by atoms with Crippen molar-refractivity contribution in [3.05, 3.63) is 88.8 Å². The monoisotopic (exact) mass is 520 g/mol. The molecule has 0 unspecified atom stereocenters. The highest BCUT2D eigenvalue weighted by molar-refractivity contribution is 6.30. The zero-order chi connectivity index (χ0) is 26.2. The first-order chi connectivity index (χ1) is 17.9. The normalized spacial score (nSPS) is 12.8. The van der Waals surface area contributed by atoms with E-state index in [0.717, 1.165) is 16.9 Å². The maximum absolute atomic E-state index is 11.9. The Labute approximate surface area is 219 Å². The van der Waals surface area contributed by atoms with Gasteiger partial charge in [-0.3, -0.25) is 4.79 Å². The number of ether oxygens (including phenoxy) is 2. The van der Waals surface area contributed by atoms with E-state index in [0.29, 0.717) is 36.2 Å². The van der Waals surface area contributed by atoms with Crippen LogP contribution in [-0.4, -0.2) is 46.6 Å². The van der Waals surface area contributed by atoms with Crippen molar-refractivity contribution < 1.29 is 19.1 Å². The number of hydrogen-bond acceptors (Lipinski definition) is 9. The van der Waals surface area contributed by atoms with Crippen molar-refractivity contribution in [3.63, 3.8) is 0 Å². The van der Waals surface area contributed by atoms with Crippen LogP contribution in [0.2, 0.25) is 5.02 Å². The van der Waals surface area contributed by atoms with E-state index < -0.39 is 5.97 Å². The summed E-state index contributed by atoms with van der Waals surface area (Å²) in [6.45, 7) is 2.84. The molecule has 0 fully saturated rings. The minimum absolute atomic E-state index is 0.0653. The van der Waals surface area contributed by atoms with E-state index >= 15 is 0 Å². The minimum Gasteiger partial charge on any atom is -0.464 e. The van der Waals surface area contributed by atoms with Crippen molar-refractivity contribution in [1.29, 1.82) is 0 Å². The van der Waals surface area contributed by atoms with Crippen LogP contribution in [0.4, 0.5) is 5.69 Å². The molecule has 0 saturated heterocycles. The SMILES string of the molecule is CCC(=O)NC1=CN=C(Nc2ccc(Oc3ccc(C(=O)OC)nn3)cc2)N(Cc2ccc(Cl)cc2)C1. The summed E-state index contributed by atoms with van der Waals surface area (Å²) in [5.74, 6) is 0.775. The number of hydrogen-bond donors (Lipinski definition) is 2. The Morgan fingerprint density at radius 1 is 1.03 bits per heavy atom. The highest BCUT2D eigenvalue weighted by Gasteiger charge is 2.19. The van der Waals surface area contributed by atoms with Crippen molar-refractivity contribution in [3.8, 4) is 11.6 Å². The van der Waals surface area contributed by atoms with Gasteiger partial charge in [-0.2, -0.15) is 0 Å². The van der Waals surface area contributed by atoms with Gasteiger partial charge in [0.25, 0.3) is 0 Å². The summed E-state index contributed by atoms with van der Waals surface area (Å²) in [5, 5.41) is 14.6. The van der Waals surface area contributed by atoms with E-state index in [1.54, 1.807) is 25.3 Å². The fourth-order valence-electron chi connectivity index (χ4n) is 3.38. The summed E-state index contributed by atoms with van der Waals surface area (Å²) >= 11 is 6.03. The summed E-state index contributed by atoms with van der Waals surface area (Å²) in [5.41, 5.74) is 2.64. The van der Waals surface area contributed by atoms with Crippen molar-refractivity contribution in [2.45, 2.75) is 19.9 Å². The van der Waals surface area contributed by atoms with E-state index in [2.05, 4.69) is 30.6 Å². The Kier molecular flexibility index (Phi) is 8.32. The third-order valence-electron chi connectivity index (χ3n) is 5.28. The molecule has 3 aromatic rings. The van der Waals surface area contributed by atoms with Gasteiger partial charge in [0.1, 0.15) is 5.75 Å². The topological polar surface area (TPSA) is 118 Å². The van der Waals surface area contributed by atoms with Gasteiger partial charge in [-0.15, -0.1) is 10.2 Å². The van der Waals surface area contributed by atoms with Crippen LogP contribution in [0.5, 0.6) is 11.6 Å². The molecule has 2 aromatic carbocycles. The lowest BCUT2D eigenvalue weighted by Crippen LogP contribution is -2.42. The summed E-state index contributed by atoms with van der Waals surface area (Å²) in [7, 11) is 1.28. The second-order valence-electron chi connectivity index (χ2n) is 7.99. The van der Waals surface area contributed by atoms with Gasteiger partial charge in [-0.05, 0) is 48.0 Å². The van der Waals surface area contributed by atoms with E-state index in [9.17, 15) is 9.59 Å². The molecule has 0 atom stereocenters. The number of nitrogens with zero attached hydrogens (tertiary/aromatic N) is 4. The Bertz CT molecular complexity index is 1310. The standard InChI is InChI=1S/C26H25ClN6O4/c1-3-23(34)29-20-14-28-26(33(16-20)15-17-4-6-18(27)7-5-17)30-19-8-10-21(11-9-19)37-24-13-12-22(31-32-24)25(35)36-2/h4-14H,3,15-16H2,1-2H3,(H,28,30)(H,29,34). The third-order valence-corrected chi connectivity index (χ3v) is 5.53. The summed E-state index contributed by atoms with van der Waals surface area (Å²) in [6, 6.07) is 17.8. The predicted octanol–water partition coefficient (Wildman–Crippen LogP) is 4.36. The number of benzene rings is 2. The Balaban J connectivity index is 1.45. The maximum Gasteiger partial charge on any atom is 0.358 e. The fourth-order valence-corrected chi connectivity index (χ4v) is 3.50. The highest BCUT2D eigenvalue weighted by Crippen LogP contribution is 2.22. The summed E-state index contributed by atoms with van der Waals surface area (Å²) < 4.78 is 10.3. The molecule has 2 heterocycles. The van der Waals surface area contributed by atoms with Crippen LogP contribution < -0.4 is 15.4 Å². The lowest BCUT2D eigenvalue weighted by molar-refractivity contribution is -0.120. The molecular weight excluding hydrogens is 496 g/mol. The number of amides is 1. The van der Waals surface area contributed by atoms with Crippen LogP contribution >= 0.6 is 11.6 Å². The Morgan fingerprint density at radius 2 is 1.78 bits per heavy atom. The predicted molar refractivity (Wildman–Crippen MR) is 139 cm³/mol. The fraction of sp³-hybridized carbons (Fsp3) is 0.192. The lowest BCUT2D eigenvalue weighted by Gasteiger charge is -2.30. The molecule has 37 heavy (non-hydrogen) atoms. The zero-order valence-electron chi connectivity index (χ0n) is 20.3. The minimum atomic E-state index is -0.570. The van der Waals surface area contributed by atoms with Crippen molar-refractivity contribution >= 4 is 35.1 Å². The number of halogens is 1. The van der Waals surface area contributed by atoms with Gasteiger partial charge in [-0.25, -0.2) is 9.79 Å². The highest BCUT2D eigenvalue weighted by atomic mass is 35.5. The van der Waals surface area contributed by atoms with Gasteiger partial charge in [-0.1, -0.05) is 30.7 Å². The van der Waals surface area contributed by atoms with E-state index in [1.165, 1.54) is 19.2 Å². The van der Waals surface area contributed by atoms with Gasteiger partial charge in [0.05, 0.1) is 25.6 Å². The van der Waals surface area contributed by atoms with Gasteiger partial charge < -0.3 is 25.0 Å². The second-order valence-corrected chi connectivity index (χ2v) is 8.43. The first-order valence-corrected chi connectivity index (χ1v) is 11.8. The van der Waals surface area contributed by atoms with Gasteiger partial charge in [0, 0.05) is 29.7 Å². The first kappa shape index (κ1) is 25.6. The lowest BCUT2D eigenvalue weighted by atomic mass is 10.2. The maximum atomic E-state index is 11.9. The molecule has 0 radical (unpaired) electrons. The number of carbonyl (C=O) groups excluding carboxylic acids is 2. The molecule has 1 aromatic heterocycles. The zero-order valence-corrected chi connectivity index (χ0v) is 21.0. The van der Waals surface area contributed by atoms with Crippen LogP contribution in [0.3, 0.4) is 0 Å². The number of nitrogens with one attached hydrogen (secondary N) is 2. The van der Waals surface area contributed by atoms with Gasteiger partial charge in [0.2, 0.25) is 17.7 Å². The number of aliphatic imine (C=N–C) groups is 1. The molecule has 11 heteroatoms. The molecule has 0 spiro atoms. The largest absolute Gasteiger partial charge is 0.464 e. The quantitative estimate of drug-likeness (QED) is 0.421. The number of esters is 1. The number of guanidine groups is 1. The molecule has 1 amide bonds. The first-order valence-electron chi connectivity index (χ1n) is 11.5. The number of methoxy groups -OCH3 is 1. The van der Waals surface area contributed by atoms with E-state index in [1.807, 2.05) is 41.3 Å². The summed E-state index contributed by atoms with van der Waals surface area (Å²) in [6.07, 6.45) is 2.04. The molecule has 0 bridgehead atoms. The van der Waals surface area contributed by atoms with Crippen LogP contribution in [0.1, 0.15) is 29.4 Å². The number of anilines is 1. The van der Waals surface area contributed by atoms with Gasteiger partial charge >= 0.3 is 5.97 Å². The molecule has 1 aliphatic rings. The third kappa shape index (κ3) is 7.05. The van der Waals surface area contributed by atoms with Gasteiger partial charge in [0.15, 0.2) is 5.69 Å². The molecule has 1 aliphatic heterocycles. The number of aromatic nitrogens is 2. The second kappa shape index (κ2) is 12.0. The van der Waals surface area contributed by atoms with Crippen LogP contribution in [0, 0.1) is 0 Å². The van der Waals surface area contributed by atoms with Crippen LogP contribution in [0.25, 0.3) is 0 Å². The van der Waals surface area contributed by atoms with Crippen molar-refractivity contribution in [2.75, 3.05) is 19.0 Å². The number of carbonyl (C=O) groups is 2. The van der Waals surface area contributed by atoms with Crippen molar-refractivity contribution in [1.82, 2.24) is 20.4 Å². The van der Waals surface area contributed by atoms with Crippen LogP contribution in [0.15, 0.2) is 77.6 Å². The average molecular weight is 521 g/mol. The Morgan fingerprint density at radius 3 is 2.43 bits per heavy atom. The average Bonchev–Trinajstić information content (AvgIpc) is 2.92. The molecule has 10 nitrogen and oxygen atoms in total. The molecule has 0 aliphatic carbocycles. The Hall–Kier alpha value is -4.44. The number of rotatable bonds is 8. The molecule has 2 N–H and O–H groups in total. The molecule has 4 rings (SSSR count). The smallest absolute Gasteiger partial charge is 0.358 e. The summed E-state index contributed by atoms with van der Waals surface area (Å²) in [4.78, 5) is 30.0. The van der Waals surface area contributed by atoms with Crippen molar-refractivity contribution in [2.24, 2.45) is 4.99 Å². The molecule has 0 saturated carbocycles.